The van der Waals surface area contributed by atoms with Crippen LogP contribution in [0.25, 0.3) is 0 Å². The van der Waals surface area contributed by atoms with E-state index >= 15 is 0 Å². The Morgan fingerprint density at radius 3 is 2.77 bits per heavy atom. The van der Waals surface area contributed by atoms with Crippen molar-refractivity contribution in [3.05, 3.63) is 23.3 Å². The summed E-state index contributed by atoms with van der Waals surface area (Å²) in [4.78, 5) is 0.733. The third-order valence-electron chi connectivity index (χ3n) is 5.73. The van der Waals surface area contributed by atoms with Crippen molar-refractivity contribution in [2.24, 2.45) is 5.92 Å². The van der Waals surface area contributed by atoms with Gasteiger partial charge >= 0.3 is 0 Å². The van der Waals surface area contributed by atoms with Crippen molar-refractivity contribution in [1.82, 2.24) is 5.32 Å². The van der Waals surface area contributed by atoms with Crippen LogP contribution < -0.4 is 14.8 Å². The van der Waals surface area contributed by atoms with E-state index in [4.69, 9.17) is 21.7 Å². The van der Waals surface area contributed by atoms with Crippen LogP contribution in [0, 0.1) is 5.92 Å². The lowest BCUT2D eigenvalue weighted by Crippen LogP contribution is -2.54. The van der Waals surface area contributed by atoms with E-state index < -0.39 is 0 Å². The van der Waals surface area contributed by atoms with Crippen LogP contribution in [-0.4, -0.2) is 23.2 Å². The first kappa shape index (κ1) is 14.3. The maximum Gasteiger partial charge on any atom is 0.137 e. The van der Waals surface area contributed by atoms with Gasteiger partial charge in [-0.15, -0.1) is 0 Å². The Kier molecular flexibility index (Phi) is 2.85. The number of nitrogens with one attached hydrogen (secondary N) is 1. The molecule has 118 valence electrons. The number of hydrogen-bond acceptors (Lipinski definition) is 3. The summed E-state index contributed by atoms with van der Waals surface area (Å²) in [6, 6.07) is 4.11. The van der Waals surface area contributed by atoms with Gasteiger partial charge in [0.1, 0.15) is 27.7 Å². The van der Waals surface area contributed by atoms with Gasteiger partial charge in [0.25, 0.3) is 0 Å². The van der Waals surface area contributed by atoms with Gasteiger partial charge in [-0.2, -0.15) is 0 Å². The predicted octanol–water partition coefficient (Wildman–Crippen LogP) is 3.79. The molecule has 0 aromatic heterocycles. The number of fused-ring (bicyclic) bond motifs is 1. The summed E-state index contributed by atoms with van der Waals surface area (Å²) in [7, 11) is 1.86. The van der Waals surface area contributed by atoms with Crippen LogP contribution in [0.3, 0.4) is 0 Å². The quantitative estimate of drug-likeness (QED) is 0.798. The molecule has 2 heterocycles. The molecule has 3 aliphatic rings. The van der Waals surface area contributed by atoms with Gasteiger partial charge in [-0.1, -0.05) is 12.2 Å². The second kappa shape index (κ2) is 4.38. The van der Waals surface area contributed by atoms with Crippen molar-refractivity contribution >= 4 is 17.2 Å². The van der Waals surface area contributed by atoms with Gasteiger partial charge in [0.2, 0.25) is 0 Å². The third-order valence-corrected chi connectivity index (χ3v) is 6.16. The molecule has 1 fully saturated rings. The molecular weight excluding hydrogens is 294 g/mol. The molecule has 3 nitrogen and oxygen atoms in total. The van der Waals surface area contributed by atoms with Crippen LogP contribution in [0.4, 0.5) is 0 Å². The van der Waals surface area contributed by atoms with Gasteiger partial charge in [-0.3, -0.25) is 0 Å². The van der Waals surface area contributed by atoms with Crippen molar-refractivity contribution in [3.63, 3.8) is 0 Å². The van der Waals surface area contributed by atoms with E-state index in [-0.39, 0.29) is 11.2 Å². The average molecular weight is 317 g/mol. The fraction of sp³-hybridized carbons (Fsp3) is 0.611. The zero-order chi connectivity index (χ0) is 15.7. The summed E-state index contributed by atoms with van der Waals surface area (Å²) in [5, 5.41) is 3.08. The maximum absolute atomic E-state index is 6.47. The molecule has 3 atom stereocenters. The number of benzene rings is 1. The fourth-order valence-corrected chi connectivity index (χ4v) is 4.81. The van der Waals surface area contributed by atoms with E-state index in [2.05, 4.69) is 32.2 Å². The van der Waals surface area contributed by atoms with Crippen LogP contribution in [0.2, 0.25) is 0 Å². The van der Waals surface area contributed by atoms with E-state index in [0.717, 1.165) is 41.3 Å². The predicted molar refractivity (Wildman–Crippen MR) is 91.0 cm³/mol. The van der Waals surface area contributed by atoms with Crippen LogP contribution in [0.1, 0.15) is 57.1 Å². The monoisotopic (exact) mass is 317 g/mol. The molecule has 0 spiro atoms. The average Bonchev–Trinajstić information content (AvgIpc) is 2.44. The highest BCUT2D eigenvalue weighted by atomic mass is 32.1. The third kappa shape index (κ3) is 1.82. The van der Waals surface area contributed by atoms with Gasteiger partial charge in [0.15, 0.2) is 0 Å². The zero-order valence-electron chi connectivity index (χ0n) is 13.7. The Labute approximate surface area is 137 Å². The Morgan fingerprint density at radius 2 is 2.05 bits per heavy atom. The van der Waals surface area contributed by atoms with E-state index in [0.29, 0.717) is 11.8 Å². The van der Waals surface area contributed by atoms with Crippen LogP contribution in [0.15, 0.2) is 12.1 Å². The largest absolute Gasteiger partial charge is 0.487 e. The Hall–Kier alpha value is -1.29. The molecule has 1 aromatic carbocycles. The van der Waals surface area contributed by atoms with E-state index in [9.17, 15) is 0 Å². The Bertz CT molecular complexity index is 669. The van der Waals surface area contributed by atoms with Crippen LogP contribution in [-0.2, 0) is 0 Å². The van der Waals surface area contributed by atoms with Crippen molar-refractivity contribution in [1.29, 1.82) is 0 Å². The molecule has 4 rings (SSSR count). The summed E-state index contributed by atoms with van der Waals surface area (Å²) >= 11 is 5.47. The van der Waals surface area contributed by atoms with Crippen molar-refractivity contribution in [2.45, 2.75) is 57.2 Å². The first-order valence-electron chi connectivity index (χ1n) is 8.12. The topological polar surface area (TPSA) is 30.5 Å². The van der Waals surface area contributed by atoms with Crippen LogP contribution >= 0.6 is 12.2 Å². The minimum atomic E-state index is -0.160. The SMILES string of the molecule is CNC(=S)c1ccc2c3c1OC(C)(C)[C@@H]1CC[C@@](C)(CC31)O2. The smallest absolute Gasteiger partial charge is 0.137 e. The first-order chi connectivity index (χ1) is 10.3. The molecule has 1 N–H and O–H groups in total. The fourth-order valence-electron chi connectivity index (χ4n) is 4.65. The summed E-state index contributed by atoms with van der Waals surface area (Å²) < 4.78 is 12.8. The van der Waals surface area contributed by atoms with E-state index in [1.807, 2.05) is 13.1 Å². The number of thiocarbonyl (C=S) groups is 1. The summed E-state index contributed by atoms with van der Waals surface area (Å²) in [5.41, 5.74) is 2.05. The molecule has 0 amide bonds. The molecule has 0 saturated heterocycles. The first-order valence-corrected chi connectivity index (χ1v) is 8.52. The Balaban J connectivity index is 1.96. The second-order valence-corrected chi connectivity index (χ2v) is 8.05. The molecule has 1 aliphatic carbocycles. The molecular formula is C18H23NO2S. The standard InChI is InChI=1S/C18H23NO2S/c1-17(2)12-7-8-18(3)9-11(12)14-13(20-18)6-5-10(15(14)21-17)16(22)19-4/h5-6,11-12H,7-9H2,1-4H3,(H,19,22)/t11?,12-,18+/m1/s1. The highest BCUT2D eigenvalue weighted by Crippen LogP contribution is 2.60. The lowest BCUT2D eigenvalue weighted by molar-refractivity contribution is -0.0727. The lowest BCUT2D eigenvalue weighted by atomic mass is 9.61. The van der Waals surface area contributed by atoms with Gasteiger partial charge in [0.05, 0.1) is 5.56 Å². The number of rotatable bonds is 1. The molecule has 1 aromatic rings. The molecule has 1 saturated carbocycles. The normalized spacial score (nSPS) is 33.5. The van der Waals surface area contributed by atoms with Crippen molar-refractivity contribution < 1.29 is 9.47 Å². The van der Waals surface area contributed by atoms with E-state index in [1.165, 1.54) is 5.56 Å². The van der Waals surface area contributed by atoms with E-state index in [1.54, 1.807) is 0 Å². The summed E-state index contributed by atoms with van der Waals surface area (Å²) in [6.07, 6.45) is 3.35. The highest BCUT2D eigenvalue weighted by Gasteiger charge is 2.54. The number of hydrogen-bond donors (Lipinski definition) is 1. The Morgan fingerprint density at radius 1 is 1.27 bits per heavy atom. The van der Waals surface area contributed by atoms with Crippen molar-refractivity contribution in [2.75, 3.05) is 7.05 Å². The van der Waals surface area contributed by atoms with Crippen molar-refractivity contribution in [3.8, 4) is 11.5 Å². The van der Waals surface area contributed by atoms with Gasteiger partial charge < -0.3 is 14.8 Å². The zero-order valence-corrected chi connectivity index (χ0v) is 14.5. The van der Waals surface area contributed by atoms with Crippen LogP contribution in [0.5, 0.6) is 11.5 Å². The molecule has 22 heavy (non-hydrogen) atoms. The highest BCUT2D eigenvalue weighted by molar-refractivity contribution is 7.80. The molecule has 2 aliphatic heterocycles. The minimum Gasteiger partial charge on any atom is -0.487 e. The molecule has 4 heteroatoms. The van der Waals surface area contributed by atoms with Gasteiger partial charge in [0, 0.05) is 24.4 Å². The second-order valence-electron chi connectivity index (χ2n) is 7.65. The molecule has 2 bridgehead atoms. The number of ether oxygens (including phenoxy) is 2. The minimum absolute atomic E-state index is 0.0239. The maximum atomic E-state index is 6.47. The van der Waals surface area contributed by atoms with Gasteiger partial charge in [-0.25, -0.2) is 0 Å². The van der Waals surface area contributed by atoms with Gasteiger partial charge in [-0.05, 0) is 52.2 Å². The molecule has 1 unspecified atom stereocenters. The lowest BCUT2D eigenvalue weighted by Gasteiger charge is -2.55. The molecule has 0 radical (unpaired) electrons. The summed E-state index contributed by atoms with van der Waals surface area (Å²) in [5.74, 6) is 3.00. The summed E-state index contributed by atoms with van der Waals surface area (Å²) in [6.45, 7) is 6.69.